The Morgan fingerprint density at radius 3 is 2.33 bits per heavy atom. The van der Waals surface area contributed by atoms with E-state index >= 15 is 0 Å². The molecule has 0 radical (unpaired) electrons. The summed E-state index contributed by atoms with van der Waals surface area (Å²) in [4.78, 5) is 24.3. The first-order chi connectivity index (χ1) is 24.8. The number of rotatable bonds is 9. The Labute approximate surface area is 307 Å². The number of sulfone groups is 1. The van der Waals surface area contributed by atoms with Crippen LogP contribution in [0, 0.1) is 0 Å². The predicted octanol–water partition coefficient (Wildman–Crippen LogP) is 7.47. The van der Waals surface area contributed by atoms with E-state index in [-0.39, 0.29) is 44.2 Å². The highest BCUT2D eigenvalue weighted by molar-refractivity contribution is 7.92. The van der Waals surface area contributed by atoms with E-state index in [4.69, 9.17) is 21.3 Å². The summed E-state index contributed by atoms with van der Waals surface area (Å²) in [6, 6.07) is 17.8. The van der Waals surface area contributed by atoms with Gasteiger partial charge in [-0.05, 0) is 82.4 Å². The molecule has 0 spiro atoms. The predicted molar refractivity (Wildman–Crippen MR) is 195 cm³/mol. The van der Waals surface area contributed by atoms with E-state index in [9.17, 15) is 26.4 Å². The topological polar surface area (TPSA) is 91.8 Å². The molecular weight excluding hydrogens is 713 g/mol. The lowest BCUT2D eigenvalue weighted by Crippen LogP contribution is -2.48. The van der Waals surface area contributed by atoms with Crippen molar-refractivity contribution in [2.24, 2.45) is 0 Å². The number of fused-ring (bicyclic) bond motifs is 1. The van der Waals surface area contributed by atoms with Gasteiger partial charge in [0.05, 0.1) is 56.3 Å². The number of aromatic nitrogens is 1. The number of amides is 1. The van der Waals surface area contributed by atoms with Gasteiger partial charge < -0.3 is 10.1 Å². The number of hydrogen-bond acceptors (Lipinski definition) is 7. The van der Waals surface area contributed by atoms with Crippen LogP contribution in [-0.2, 0) is 32.8 Å². The fourth-order valence-corrected chi connectivity index (χ4v) is 9.13. The first-order valence-electron chi connectivity index (χ1n) is 17.8. The zero-order chi connectivity index (χ0) is 36.8. The average Bonchev–Trinajstić information content (AvgIpc) is 3.92. The van der Waals surface area contributed by atoms with Gasteiger partial charge in [0.1, 0.15) is 0 Å². The van der Waals surface area contributed by atoms with Crippen LogP contribution in [0.3, 0.4) is 0 Å². The number of carbonyl (C=O) groups excluding carboxylic acids is 1. The lowest BCUT2D eigenvalue weighted by molar-refractivity contribution is -0.137. The van der Waals surface area contributed by atoms with Crippen LogP contribution in [0.15, 0.2) is 71.6 Å². The molecule has 3 fully saturated rings. The summed E-state index contributed by atoms with van der Waals surface area (Å²) < 4.78 is 74.8. The number of alkyl halides is 3. The Morgan fingerprint density at radius 1 is 1.00 bits per heavy atom. The summed E-state index contributed by atoms with van der Waals surface area (Å²) in [5, 5.41) is 2.67. The third kappa shape index (κ3) is 7.33. The molecule has 2 aliphatic heterocycles. The number of morpholine rings is 1. The quantitative estimate of drug-likeness (QED) is 0.190. The molecule has 1 saturated carbocycles. The third-order valence-corrected chi connectivity index (χ3v) is 13.3. The molecule has 8 nitrogen and oxygen atoms in total. The van der Waals surface area contributed by atoms with Gasteiger partial charge >= 0.3 is 6.18 Å². The number of carbonyl (C=O) groups is 1. The first kappa shape index (κ1) is 36.8. The standard InChI is InChI=1S/C39H42ClF3N4O4S/c1-25(2)52(49,50)34-22-30-33(23-32(34)40)44-36(26-7-6-10-28(21-26)39(41,42)43)31(24-46-15-11-29(12-16-46)47-17-19-51-20-18-47)35(30)37(48)45-38(13-14-38)27-8-4-3-5-9-27/h3-10,21-23,25,29H,11-20,24H2,1-2H3,(H,45,48). The summed E-state index contributed by atoms with van der Waals surface area (Å²) in [5.41, 5.74) is 0.731. The molecule has 0 unspecified atom stereocenters. The molecule has 7 rings (SSSR count). The van der Waals surface area contributed by atoms with E-state index in [2.05, 4.69) is 15.1 Å². The van der Waals surface area contributed by atoms with Crippen molar-refractivity contribution in [1.29, 1.82) is 0 Å². The summed E-state index contributed by atoms with van der Waals surface area (Å²) in [5.74, 6) is -0.449. The fraction of sp³-hybridized carbons (Fsp3) is 0.436. The maximum Gasteiger partial charge on any atom is 0.416 e. The summed E-state index contributed by atoms with van der Waals surface area (Å²) in [7, 11) is -3.89. The molecule has 13 heteroatoms. The van der Waals surface area contributed by atoms with Crippen LogP contribution in [-0.4, -0.2) is 79.8 Å². The molecule has 3 aliphatic rings. The van der Waals surface area contributed by atoms with Crippen molar-refractivity contribution in [3.63, 3.8) is 0 Å². The van der Waals surface area contributed by atoms with Crippen molar-refractivity contribution in [3.8, 4) is 11.3 Å². The Balaban J connectivity index is 1.40. The molecule has 3 heterocycles. The van der Waals surface area contributed by atoms with Gasteiger partial charge in [0.25, 0.3) is 5.91 Å². The van der Waals surface area contributed by atoms with Gasteiger partial charge in [-0.3, -0.25) is 14.6 Å². The molecule has 1 amide bonds. The maximum absolute atomic E-state index is 14.9. The average molecular weight is 755 g/mol. The van der Waals surface area contributed by atoms with E-state index in [1.54, 1.807) is 19.9 Å². The first-order valence-corrected chi connectivity index (χ1v) is 19.7. The summed E-state index contributed by atoms with van der Waals surface area (Å²) in [6.45, 7) is 7.88. The van der Waals surface area contributed by atoms with E-state index in [1.165, 1.54) is 18.2 Å². The Morgan fingerprint density at radius 2 is 1.69 bits per heavy atom. The lowest BCUT2D eigenvalue weighted by atomic mass is 9.93. The highest BCUT2D eigenvalue weighted by atomic mass is 35.5. The molecule has 4 aromatic rings. The zero-order valence-electron chi connectivity index (χ0n) is 29.2. The van der Waals surface area contributed by atoms with Gasteiger partial charge in [0, 0.05) is 42.2 Å². The van der Waals surface area contributed by atoms with E-state index in [0.717, 1.165) is 43.6 Å². The van der Waals surface area contributed by atoms with Gasteiger partial charge in [-0.25, -0.2) is 13.4 Å². The highest BCUT2D eigenvalue weighted by Crippen LogP contribution is 2.46. The number of nitrogens with one attached hydrogen (secondary N) is 1. The van der Waals surface area contributed by atoms with E-state index < -0.39 is 38.3 Å². The lowest BCUT2D eigenvalue weighted by Gasteiger charge is -2.40. The van der Waals surface area contributed by atoms with Crippen molar-refractivity contribution >= 4 is 38.2 Å². The van der Waals surface area contributed by atoms with Gasteiger partial charge in [0.15, 0.2) is 9.84 Å². The minimum Gasteiger partial charge on any atom is -0.379 e. The number of halogens is 4. The second-order valence-corrected chi connectivity index (χ2v) is 17.2. The van der Waals surface area contributed by atoms with Crippen LogP contribution in [0.25, 0.3) is 22.2 Å². The molecule has 0 bridgehead atoms. The molecule has 2 saturated heterocycles. The zero-order valence-corrected chi connectivity index (χ0v) is 30.8. The number of nitrogens with zero attached hydrogens (tertiary/aromatic N) is 3. The van der Waals surface area contributed by atoms with Crippen LogP contribution >= 0.6 is 11.6 Å². The number of pyridine rings is 1. The number of ether oxygens (including phenoxy) is 1. The number of benzene rings is 3. The molecule has 1 aromatic heterocycles. The maximum atomic E-state index is 14.9. The van der Waals surface area contributed by atoms with Gasteiger partial charge in [0.2, 0.25) is 0 Å². The van der Waals surface area contributed by atoms with E-state index in [0.29, 0.717) is 50.8 Å². The summed E-state index contributed by atoms with van der Waals surface area (Å²) >= 11 is 6.63. The van der Waals surface area contributed by atoms with Crippen molar-refractivity contribution in [2.45, 2.75) is 74.0 Å². The Bertz CT molecular complexity index is 2080. The SMILES string of the molecule is CC(C)S(=O)(=O)c1cc2c(C(=O)NC3(c4ccccc4)CC3)c(CN3CCC(N4CCOCC4)CC3)c(-c3cccc(C(F)(F)F)c3)nc2cc1Cl. The number of likely N-dealkylation sites (tertiary alicyclic amines) is 1. The van der Waals surface area contributed by atoms with Crippen molar-refractivity contribution in [3.05, 3.63) is 94.0 Å². The molecule has 1 N–H and O–H groups in total. The van der Waals surface area contributed by atoms with E-state index in [1.807, 2.05) is 30.3 Å². The molecular formula is C39H42ClF3N4O4S. The largest absolute Gasteiger partial charge is 0.416 e. The number of piperidine rings is 1. The van der Waals surface area contributed by atoms with Crippen molar-refractivity contribution in [1.82, 2.24) is 20.1 Å². The van der Waals surface area contributed by atoms with Gasteiger partial charge in [-0.15, -0.1) is 0 Å². The third-order valence-electron chi connectivity index (χ3n) is 10.7. The van der Waals surface area contributed by atoms with Gasteiger partial charge in [-0.2, -0.15) is 13.2 Å². The minimum atomic E-state index is -4.61. The second kappa shape index (κ2) is 14.4. The van der Waals surface area contributed by atoms with Gasteiger partial charge in [-0.1, -0.05) is 54.1 Å². The van der Waals surface area contributed by atoms with Crippen molar-refractivity contribution in [2.75, 3.05) is 39.4 Å². The normalized spacial score (nSPS) is 18.9. The van der Waals surface area contributed by atoms with Crippen LogP contribution in [0.2, 0.25) is 5.02 Å². The van der Waals surface area contributed by atoms with Crippen LogP contribution in [0.5, 0.6) is 0 Å². The second-order valence-electron chi connectivity index (χ2n) is 14.3. The Hall–Kier alpha value is -3.55. The number of hydrogen-bond donors (Lipinski definition) is 1. The summed E-state index contributed by atoms with van der Waals surface area (Å²) in [6.07, 6.45) is -1.44. The minimum absolute atomic E-state index is 0.0732. The smallest absolute Gasteiger partial charge is 0.379 e. The molecule has 276 valence electrons. The monoisotopic (exact) mass is 754 g/mol. The fourth-order valence-electron chi connectivity index (χ4n) is 7.53. The Kier molecular flexibility index (Phi) is 10.2. The molecule has 0 atom stereocenters. The molecule has 3 aromatic carbocycles. The van der Waals surface area contributed by atoms with Crippen molar-refractivity contribution < 1.29 is 31.1 Å². The van der Waals surface area contributed by atoms with Crippen LogP contribution in [0.1, 0.15) is 66.6 Å². The molecule has 1 aliphatic carbocycles. The van der Waals surface area contributed by atoms with Crippen LogP contribution in [0.4, 0.5) is 13.2 Å². The highest BCUT2D eigenvalue weighted by Gasteiger charge is 2.46. The molecule has 52 heavy (non-hydrogen) atoms. The van der Waals surface area contributed by atoms with Crippen LogP contribution < -0.4 is 5.32 Å².